The molecule has 122 valence electrons. The molecule has 0 radical (unpaired) electrons. The molecular formula is C15H17ClN4O2S. The Balaban J connectivity index is 1.65. The summed E-state index contributed by atoms with van der Waals surface area (Å²) in [6.07, 6.45) is 4.32. The second-order valence-electron chi connectivity index (χ2n) is 5.79. The highest BCUT2D eigenvalue weighted by molar-refractivity contribution is 7.80. The Labute approximate surface area is 144 Å². The minimum Gasteiger partial charge on any atom is -0.331 e. The van der Waals surface area contributed by atoms with Crippen molar-refractivity contribution in [2.45, 2.75) is 37.6 Å². The lowest BCUT2D eigenvalue weighted by Gasteiger charge is -2.30. The van der Waals surface area contributed by atoms with Gasteiger partial charge >= 0.3 is 6.03 Å². The molecule has 1 heterocycles. The van der Waals surface area contributed by atoms with E-state index in [4.69, 9.17) is 23.8 Å². The molecule has 23 heavy (non-hydrogen) atoms. The molecule has 2 aliphatic rings. The van der Waals surface area contributed by atoms with E-state index in [2.05, 4.69) is 16.1 Å². The summed E-state index contributed by atoms with van der Waals surface area (Å²) >= 11 is 11.0. The fraction of sp³-hybridized carbons (Fsp3) is 0.400. The van der Waals surface area contributed by atoms with Crippen LogP contribution in [0.1, 0.15) is 32.1 Å². The van der Waals surface area contributed by atoms with Crippen LogP contribution in [0.4, 0.5) is 10.5 Å². The number of hydrazine groups is 1. The van der Waals surface area contributed by atoms with Crippen LogP contribution in [0.2, 0.25) is 5.02 Å². The molecule has 2 fully saturated rings. The molecule has 0 unspecified atom stereocenters. The first kappa shape index (κ1) is 16.0. The molecule has 1 aliphatic heterocycles. The van der Waals surface area contributed by atoms with Gasteiger partial charge in [-0.3, -0.25) is 10.2 Å². The Bertz CT molecular complexity index is 643. The van der Waals surface area contributed by atoms with Crippen LogP contribution in [-0.2, 0) is 4.79 Å². The number of rotatable bonds is 2. The predicted molar refractivity (Wildman–Crippen MR) is 92.0 cm³/mol. The third kappa shape index (κ3) is 3.25. The van der Waals surface area contributed by atoms with Gasteiger partial charge in [-0.2, -0.15) is 5.01 Å². The first-order valence-corrected chi connectivity index (χ1v) is 8.29. The van der Waals surface area contributed by atoms with Crippen LogP contribution in [0.5, 0.6) is 0 Å². The third-order valence-corrected chi connectivity index (χ3v) is 4.63. The molecule has 3 rings (SSSR count). The Morgan fingerprint density at radius 2 is 1.83 bits per heavy atom. The summed E-state index contributed by atoms with van der Waals surface area (Å²) in [7, 11) is 0. The molecule has 1 aromatic carbocycles. The zero-order valence-corrected chi connectivity index (χ0v) is 14.0. The van der Waals surface area contributed by atoms with E-state index in [1.54, 1.807) is 24.3 Å². The van der Waals surface area contributed by atoms with E-state index < -0.39 is 11.6 Å². The number of thiocarbonyl (C=S) groups is 1. The number of amides is 3. The van der Waals surface area contributed by atoms with Crippen molar-refractivity contribution in [2.24, 2.45) is 0 Å². The molecule has 1 saturated carbocycles. The number of urea groups is 1. The molecule has 6 nitrogen and oxygen atoms in total. The second kappa shape index (κ2) is 6.33. The predicted octanol–water partition coefficient (Wildman–Crippen LogP) is 2.80. The van der Waals surface area contributed by atoms with Gasteiger partial charge in [-0.05, 0) is 49.3 Å². The Morgan fingerprint density at radius 1 is 1.17 bits per heavy atom. The highest BCUT2D eigenvalue weighted by atomic mass is 35.5. The van der Waals surface area contributed by atoms with Crippen molar-refractivity contribution in [1.82, 2.24) is 15.8 Å². The standard InChI is InChI=1S/C15H17ClN4O2S/c16-10-4-6-11(7-5-10)17-13(23)19-20-12(21)15(18-14(20)22)8-2-1-3-9-15/h4-7H,1-3,8-9H2,(H,18,22)(H2,17,19,23). The molecule has 0 atom stereocenters. The van der Waals surface area contributed by atoms with E-state index in [-0.39, 0.29) is 11.0 Å². The number of benzene rings is 1. The van der Waals surface area contributed by atoms with E-state index in [0.717, 1.165) is 24.3 Å². The number of nitrogens with one attached hydrogen (secondary N) is 3. The van der Waals surface area contributed by atoms with E-state index in [1.807, 2.05) is 0 Å². The molecule has 8 heteroatoms. The maximum Gasteiger partial charge on any atom is 0.344 e. The van der Waals surface area contributed by atoms with E-state index in [0.29, 0.717) is 23.6 Å². The SMILES string of the molecule is O=C1NC2(CCCCC2)C(=O)N1NC(=S)Nc1ccc(Cl)cc1. The van der Waals surface area contributed by atoms with Crippen molar-refractivity contribution >= 4 is 46.6 Å². The third-order valence-electron chi connectivity index (χ3n) is 4.18. The van der Waals surface area contributed by atoms with Crippen LogP contribution in [-0.4, -0.2) is 27.6 Å². The van der Waals surface area contributed by atoms with E-state index in [1.165, 1.54) is 0 Å². The number of carbonyl (C=O) groups excluding carboxylic acids is 2. The summed E-state index contributed by atoms with van der Waals surface area (Å²) in [5.41, 5.74) is 2.62. The van der Waals surface area contributed by atoms with Gasteiger partial charge in [0.15, 0.2) is 5.11 Å². The fourth-order valence-electron chi connectivity index (χ4n) is 3.01. The number of halogens is 1. The number of anilines is 1. The van der Waals surface area contributed by atoms with Crippen molar-refractivity contribution in [3.05, 3.63) is 29.3 Å². The second-order valence-corrected chi connectivity index (χ2v) is 6.63. The minimum absolute atomic E-state index is 0.170. The summed E-state index contributed by atoms with van der Waals surface area (Å²) in [5.74, 6) is -0.262. The molecule has 0 aromatic heterocycles. The molecule has 1 saturated heterocycles. The van der Waals surface area contributed by atoms with Gasteiger partial charge in [0, 0.05) is 10.7 Å². The molecule has 0 bridgehead atoms. The fourth-order valence-corrected chi connectivity index (χ4v) is 3.34. The number of carbonyl (C=O) groups is 2. The quantitative estimate of drug-likeness (QED) is 0.564. The molecule has 3 amide bonds. The van der Waals surface area contributed by atoms with Gasteiger partial charge in [-0.25, -0.2) is 4.79 Å². The van der Waals surface area contributed by atoms with Gasteiger partial charge in [-0.15, -0.1) is 0 Å². The number of hydrogen-bond donors (Lipinski definition) is 3. The van der Waals surface area contributed by atoms with Crippen LogP contribution >= 0.6 is 23.8 Å². The van der Waals surface area contributed by atoms with Crippen LogP contribution < -0.4 is 16.1 Å². The molecule has 1 spiro atoms. The van der Waals surface area contributed by atoms with Crippen LogP contribution in [0.3, 0.4) is 0 Å². The summed E-state index contributed by atoms with van der Waals surface area (Å²) in [5, 5.41) is 7.48. The van der Waals surface area contributed by atoms with Gasteiger partial charge in [0.05, 0.1) is 0 Å². The lowest BCUT2D eigenvalue weighted by molar-refractivity contribution is -0.133. The number of hydrogen-bond acceptors (Lipinski definition) is 3. The molecule has 3 N–H and O–H groups in total. The van der Waals surface area contributed by atoms with Crippen molar-refractivity contribution in [2.75, 3.05) is 5.32 Å². The van der Waals surface area contributed by atoms with Crippen molar-refractivity contribution in [1.29, 1.82) is 0 Å². The molecular weight excluding hydrogens is 336 g/mol. The van der Waals surface area contributed by atoms with Gasteiger partial charge in [-0.1, -0.05) is 30.9 Å². The van der Waals surface area contributed by atoms with Gasteiger partial charge < -0.3 is 10.6 Å². The average molecular weight is 353 g/mol. The van der Waals surface area contributed by atoms with Gasteiger partial charge in [0.2, 0.25) is 0 Å². The van der Waals surface area contributed by atoms with E-state index >= 15 is 0 Å². The van der Waals surface area contributed by atoms with Crippen molar-refractivity contribution < 1.29 is 9.59 Å². The largest absolute Gasteiger partial charge is 0.344 e. The number of nitrogens with zero attached hydrogens (tertiary/aromatic N) is 1. The van der Waals surface area contributed by atoms with Gasteiger partial charge in [0.25, 0.3) is 5.91 Å². The molecule has 1 aromatic rings. The maximum absolute atomic E-state index is 12.6. The lowest BCUT2D eigenvalue weighted by atomic mass is 9.82. The maximum atomic E-state index is 12.6. The van der Waals surface area contributed by atoms with E-state index in [9.17, 15) is 9.59 Å². The van der Waals surface area contributed by atoms with Gasteiger partial charge in [0.1, 0.15) is 5.54 Å². The zero-order valence-electron chi connectivity index (χ0n) is 12.4. The monoisotopic (exact) mass is 352 g/mol. The Kier molecular flexibility index (Phi) is 4.41. The number of imide groups is 1. The van der Waals surface area contributed by atoms with Crippen LogP contribution in [0.15, 0.2) is 24.3 Å². The van der Waals surface area contributed by atoms with Crippen LogP contribution in [0, 0.1) is 0 Å². The van der Waals surface area contributed by atoms with Crippen molar-refractivity contribution in [3.63, 3.8) is 0 Å². The smallest absolute Gasteiger partial charge is 0.331 e. The first-order chi connectivity index (χ1) is 11.0. The first-order valence-electron chi connectivity index (χ1n) is 7.50. The van der Waals surface area contributed by atoms with Crippen LogP contribution in [0.25, 0.3) is 0 Å². The van der Waals surface area contributed by atoms with Crippen molar-refractivity contribution in [3.8, 4) is 0 Å². The average Bonchev–Trinajstić information content (AvgIpc) is 2.75. The summed E-state index contributed by atoms with van der Waals surface area (Å²) in [6, 6.07) is 6.49. The minimum atomic E-state index is -0.766. The molecule has 1 aliphatic carbocycles. The lowest BCUT2D eigenvalue weighted by Crippen LogP contribution is -2.51. The summed E-state index contributed by atoms with van der Waals surface area (Å²) in [6.45, 7) is 0. The zero-order chi connectivity index (χ0) is 16.4. The Morgan fingerprint density at radius 3 is 2.48 bits per heavy atom. The highest BCUT2D eigenvalue weighted by Crippen LogP contribution is 2.33. The summed E-state index contributed by atoms with van der Waals surface area (Å²) < 4.78 is 0. The Hall–Kier alpha value is -1.86. The summed E-state index contributed by atoms with van der Waals surface area (Å²) in [4.78, 5) is 24.7. The normalized spacial score (nSPS) is 19.6. The topological polar surface area (TPSA) is 73.5 Å². The highest BCUT2D eigenvalue weighted by Gasteiger charge is 2.51.